The maximum Gasteiger partial charge on any atom is 0.171 e. The fourth-order valence-corrected chi connectivity index (χ4v) is 12.9. The molecule has 0 amide bonds. The van der Waals surface area contributed by atoms with Crippen LogP contribution in [0.25, 0.3) is 60.6 Å². The summed E-state index contributed by atoms with van der Waals surface area (Å²) >= 11 is 0. The number of rotatable bonds is 2. The predicted octanol–water partition coefficient (Wildman–Crippen LogP) is 11.0. The first-order chi connectivity index (χ1) is 26.2. The van der Waals surface area contributed by atoms with E-state index < -0.39 is 12.6 Å². The van der Waals surface area contributed by atoms with Crippen molar-refractivity contribution in [3.8, 4) is 16.8 Å². The smallest absolute Gasteiger partial charge is 0.171 e. The Hall–Kier alpha value is -6.41. The van der Waals surface area contributed by atoms with E-state index in [4.69, 9.17) is 4.42 Å². The van der Waals surface area contributed by atoms with E-state index in [2.05, 4.69) is 144 Å². The number of nitrogens with zero attached hydrogens (tertiary/aromatic N) is 1. The molecule has 3 nitrogen and oxygen atoms in total. The second kappa shape index (κ2) is 10.3. The van der Waals surface area contributed by atoms with Crippen molar-refractivity contribution in [1.82, 2.24) is 4.57 Å². The molecule has 12 rings (SSSR count). The van der Waals surface area contributed by atoms with E-state index in [1.54, 1.807) is 0 Å². The average molecular weight is 696 g/mol. The molecule has 2 aromatic heterocycles. The molecule has 0 radical (unpaired) electrons. The Bertz CT molecular complexity index is 3220. The van der Waals surface area contributed by atoms with Crippen LogP contribution in [0, 0.1) is 0 Å². The molecule has 0 bridgehead atoms. The van der Waals surface area contributed by atoms with Crippen LogP contribution in [0.3, 0.4) is 0 Å². The van der Waals surface area contributed by atoms with E-state index in [0.717, 1.165) is 65.8 Å². The zero-order valence-corrected chi connectivity index (χ0v) is 29.4. The summed E-state index contributed by atoms with van der Waals surface area (Å²) < 4.78 is 25.5. The van der Waals surface area contributed by atoms with E-state index in [1.807, 2.05) is 42.5 Å². The highest BCUT2D eigenvalue weighted by Gasteiger charge is 2.54. The number of hydrogen-bond acceptors (Lipinski definition) is 2. The van der Waals surface area contributed by atoms with E-state index in [0.29, 0.717) is 0 Å². The minimum absolute atomic E-state index is 0.771. The molecule has 53 heavy (non-hydrogen) atoms. The number of hydrogen-bond donors (Lipinski definition) is 0. The van der Waals surface area contributed by atoms with E-state index >= 15 is 4.57 Å². The predicted molar refractivity (Wildman–Crippen MR) is 218 cm³/mol. The monoisotopic (exact) mass is 695 g/mol. The summed E-state index contributed by atoms with van der Waals surface area (Å²) in [5, 5.41) is 7.23. The average Bonchev–Trinajstić information content (AvgIpc) is 3.78. The summed E-state index contributed by atoms with van der Waals surface area (Å²) in [6.45, 7) is 0. The van der Waals surface area contributed by atoms with Crippen LogP contribution in [0.4, 0.5) is 0 Å². The lowest BCUT2D eigenvalue weighted by molar-refractivity contribution is 0.590. The molecule has 2 atom stereocenters. The molecular formula is C49H30NO2P. The highest BCUT2D eigenvalue weighted by Crippen LogP contribution is 2.61. The molecule has 248 valence electrons. The van der Waals surface area contributed by atoms with Gasteiger partial charge in [0.25, 0.3) is 0 Å². The number of para-hydroxylation sites is 5. The summed E-state index contributed by atoms with van der Waals surface area (Å²) in [5.41, 5.74) is 11.0. The van der Waals surface area contributed by atoms with Crippen molar-refractivity contribution in [1.29, 1.82) is 0 Å². The second-order valence-electron chi connectivity index (χ2n) is 14.3. The number of furan rings is 1. The van der Waals surface area contributed by atoms with Gasteiger partial charge in [0.15, 0.2) is 7.14 Å². The Morgan fingerprint density at radius 3 is 2.06 bits per heavy atom. The summed E-state index contributed by atoms with van der Waals surface area (Å²) in [6.07, 6.45) is 0. The van der Waals surface area contributed by atoms with Gasteiger partial charge in [-0.15, -0.1) is 0 Å². The largest absolute Gasteiger partial charge is 0.455 e. The van der Waals surface area contributed by atoms with Gasteiger partial charge in [0, 0.05) is 43.0 Å². The molecule has 4 heteroatoms. The molecule has 0 saturated carbocycles. The van der Waals surface area contributed by atoms with Crippen LogP contribution in [0.15, 0.2) is 186 Å². The Balaban J connectivity index is 1.29. The standard InChI is InChI=1S/C49H30NO2P/c51-53(32-14-2-1-3-15-32)45-27-11-7-22-39(45)49(38-21-6-9-25-43(38)50-42-24-8-4-16-34(42)36-19-13-23-40(49)47(36)50)41-30-31(28-29-46(41)53)33-18-12-20-37-35-17-5-10-26-44(35)52-48(33)37/h1-30H. The van der Waals surface area contributed by atoms with Crippen LogP contribution in [-0.2, 0) is 9.98 Å². The number of benzene rings is 8. The zero-order chi connectivity index (χ0) is 34.9. The molecule has 2 aliphatic heterocycles. The highest BCUT2D eigenvalue weighted by atomic mass is 31.2. The van der Waals surface area contributed by atoms with Crippen molar-refractivity contribution in [2.45, 2.75) is 5.41 Å². The van der Waals surface area contributed by atoms with Crippen LogP contribution < -0.4 is 15.9 Å². The molecule has 0 N–H and O–H groups in total. The quantitative estimate of drug-likeness (QED) is 0.169. The number of aromatic nitrogens is 1. The van der Waals surface area contributed by atoms with Gasteiger partial charge in [-0.2, -0.15) is 0 Å². The topological polar surface area (TPSA) is 35.1 Å². The third kappa shape index (κ3) is 3.53. The van der Waals surface area contributed by atoms with Gasteiger partial charge in [-0.3, -0.25) is 0 Å². The molecule has 0 aliphatic carbocycles. The Morgan fingerprint density at radius 2 is 1.15 bits per heavy atom. The van der Waals surface area contributed by atoms with Gasteiger partial charge in [-0.25, -0.2) is 0 Å². The van der Waals surface area contributed by atoms with Crippen molar-refractivity contribution in [2.24, 2.45) is 0 Å². The van der Waals surface area contributed by atoms with Crippen LogP contribution in [0.1, 0.15) is 22.3 Å². The van der Waals surface area contributed by atoms with Crippen molar-refractivity contribution in [3.05, 3.63) is 204 Å². The van der Waals surface area contributed by atoms with Crippen molar-refractivity contribution < 1.29 is 8.98 Å². The molecular weight excluding hydrogens is 666 g/mol. The molecule has 10 aromatic rings. The van der Waals surface area contributed by atoms with Gasteiger partial charge in [-0.1, -0.05) is 152 Å². The van der Waals surface area contributed by atoms with Gasteiger partial charge in [0.2, 0.25) is 0 Å². The first-order valence-electron chi connectivity index (χ1n) is 18.1. The van der Waals surface area contributed by atoms with Crippen molar-refractivity contribution >= 4 is 66.8 Å². The lowest BCUT2D eigenvalue weighted by Gasteiger charge is -2.47. The van der Waals surface area contributed by atoms with Gasteiger partial charge in [0.05, 0.1) is 22.1 Å². The SMILES string of the molecule is O=P1(c2ccccc2)c2ccccc2C2(c3ccccc3-n3c4ccccc4c4cccc2c43)c2cc(-c3cccc4c3oc3ccccc34)ccc21. The summed E-state index contributed by atoms with van der Waals surface area (Å²) in [7, 11) is -3.35. The fraction of sp³-hybridized carbons (Fsp3) is 0.0204. The maximum atomic E-state index is 16.4. The van der Waals surface area contributed by atoms with Gasteiger partial charge >= 0.3 is 0 Å². The van der Waals surface area contributed by atoms with Gasteiger partial charge in [-0.05, 0) is 58.1 Å². The zero-order valence-electron chi connectivity index (χ0n) is 28.5. The molecule has 2 unspecified atom stereocenters. The van der Waals surface area contributed by atoms with Gasteiger partial charge in [0.1, 0.15) is 11.2 Å². The molecule has 1 spiro atoms. The van der Waals surface area contributed by atoms with E-state index in [1.165, 1.54) is 32.9 Å². The normalized spacial score (nSPS) is 18.4. The second-order valence-corrected chi connectivity index (χ2v) is 17.0. The van der Waals surface area contributed by atoms with Crippen molar-refractivity contribution in [3.63, 3.8) is 0 Å². The van der Waals surface area contributed by atoms with Crippen LogP contribution >= 0.6 is 7.14 Å². The van der Waals surface area contributed by atoms with Crippen LogP contribution in [-0.4, -0.2) is 4.57 Å². The fourth-order valence-electron chi connectivity index (χ4n) is 9.79. The molecule has 8 aromatic carbocycles. The van der Waals surface area contributed by atoms with E-state index in [9.17, 15) is 0 Å². The Kier molecular flexibility index (Phi) is 5.70. The first-order valence-corrected chi connectivity index (χ1v) is 19.8. The first kappa shape index (κ1) is 29.2. The Labute approximate surface area is 305 Å². The highest BCUT2D eigenvalue weighted by molar-refractivity contribution is 7.85. The minimum atomic E-state index is -3.35. The van der Waals surface area contributed by atoms with Gasteiger partial charge < -0.3 is 13.5 Å². The molecule has 0 fully saturated rings. The van der Waals surface area contributed by atoms with Crippen molar-refractivity contribution in [2.75, 3.05) is 0 Å². The lowest BCUT2D eigenvalue weighted by atomic mass is 9.62. The summed E-state index contributed by atoms with van der Waals surface area (Å²) in [4.78, 5) is 0. The molecule has 4 heterocycles. The van der Waals surface area contributed by atoms with E-state index in [-0.39, 0.29) is 0 Å². The molecule has 0 saturated heterocycles. The molecule has 2 aliphatic rings. The lowest BCUT2D eigenvalue weighted by Crippen LogP contribution is -2.48. The number of fused-ring (bicyclic) bond motifs is 14. The third-order valence-corrected chi connectivity index (χ3v) is 15.0. The summed E-state index contributed by atoms with van der Waals surface area (Å²) in [6, 6.07) is 64.2. The third-order valence-electron chi connectivity index (χ3n) is 11.9. The summed E-state index contributed by atoms with van der Waals surface area (Å²) in [5.74, 6) is 0. The van der Waals surface area contributed by atoms with Crippen LogP contribution in [0.5, 0.6) is 0 Å². The Morgan fingerprint density at radius 1 is 0.491 bits per heavy atom. The van der Waals surface area contributed by atoms with Crippen LogP contribution in [0.2, 0.25) is 0 Å². The maximum absolute atomic E-state index is 16.4. The minimum Gasteiger partial charge on any atom is -0.455 e.